The minimum absolute atomic E-state index is 0.0475. The molecule has 6 heteroatoms. The number of halogens is 1. The monoisotopic (exact) mass is 319 g/mol. The maximum absolute atomic E-state index is 13.2. The molecule has 2 atom stereocenters. The van der Waals surface area contributed by atoms with E-state index in [1.54, 1.807) is 30.3 Å². The summed E-state index contributed by atoms with van der Waals surface area (Å²) < 4.78 is 39.4. The molecule has 1 fully saturated rings. The fourth-order valence-corrected chi connectivity index (χ4v) is 3.51. The molecule has 0 spiro atoms. The molecule has 2 unspecified atom stereocenters. The van der Waals surface area contributed by atoms with Crippen LogP contribution in [-0.4, -0.2) is 14.3 Å². The molecule has 2 aromatic carbocycles. The Balaban J connectivity index is 1.69. The molecule has 0 aromatic heterocycles. The van der Waals surface area contributed by atoms with Gasteiger partial charge in [-0.15, -0.1) is 0 Å². The first-order valence-electron chi connectivity index (χ1n) is 6.84. The van der Waals surface area contributed by atoms with Gasteiger partial charge >= 0.3 is 0 Å². The van der Waals surface area contributed by atoms with Crippen LogP contribution < -0.4 is 4.72 Å². The molecular formula is C16H14FNO3S. The third-order valence-corrected chi connectivity index (χ3v) is 5.06. The average molecular weight is 319 g/mol. The quantitative estimate of drug-likeness (QED) is 0.941. The van der Waals surface area contributed by atoms with Crippen LogP contribution in [0.15, 0.2) is 59.5 Å². The first-order valence-corrected chi connectivity index (χ1v) is 8.33. The van der Waals surface area contributed by atoms with Gasteiger partial charge in [0, 0.05) is 5.92 Å². The Morgan fingerprint density at radius 1 is 1.09 bits per heavy atom. The van der Waals surface area contributed by atoms with Gasteiger partial charge in [0.05, 0.1) is 4.90 Å². The maximum atomic E-state index is 13.2. The number of amides is 1. The zero-order valence-corrected chi connectivity index (χ0v) is 12.4. The minimum Gasteiger partial charge on any atom is -0.274 e. The molecule has 0 aliphatic heterocycles. The van der Waals surface area contributed by atoms with Crippen molar-refractivity contribution in [1.29, 1.82) is 0 Å². The number of sulfonamides is 1. The van der Waals surface area contributed by atoms with Gasteiger partial charge in [0.25, 0.3) is 10.0 Å². The number of nitrogens with one attached hydrogen (secondary N) is 1. The predicted octanol–water partition coefficient (Wildman–Crippen LogP) is 2.43. The van der Waals surface area contributed by atoms with Crippen LogP contribution in [-0.2, 0) is 14.8 Å². The smallest absolute Gasteiger partial charge is 0.264 e. The van der Waals surface area contributed by atoms with E-state index in [0.717, 1.165) is 5.56 Å². The molecule has 22 heavy (non-hydrogen) atoms. The van der Waals surface area contributed by atoms with Crippen molar-refractivity contribution >= 4 is 15.9 Å². The molecule has 114 valence electrons. The Labute approximate surface area is 128 Å². The van der Waals surface area contributed by atoms with Crippen molar-refractivity contribution < 1.29 is 17.6 Å². The molecule has 1 aliphatic carbocycles. The van der Waals surface area contributed by atoms with Crippen LogP contribution >= 0.6 is 0 Å². The Bertz CT molecular complexity index is 805. The van der Waals surface area contributed by atoms with E-state index in [4.69, 9.17) is 0 Å². The lowest BCUT2D eigenvalue weighted by Gasteiger charge is -2.06. The van der Waals surface area contributed by atoms with E-state index < -0.39 is 21.8 Å². The fraction of sp³-hybridized carbons (Fsp3) is 0.188. The summed E-state index contributed by atoms with van der Waals surface area (Å²) in [5.74, 6) is -1.46. The van der Waals surface area contributed by atoms with Crippen LogP contribution in [0.3, 0.4) is 0 Å². The molecule has 2 aromatic rings. The SMILES string of the molecule is O=C(NS(=O)(=O)c1ccccc1)C1CC1c1cccc(F)c1. The first kappa shape index (κ1) is 14.7. The molecule has 0 radical (unpaired) electrons. The van der Waals surface area contributed by atoms with Crippen molar-refractivity contribution in [1.82, 2.24) is 4.72 Å². The normalized spacial score (nSPS) is 20.4. The highest BCUT2D eigenvalue weighted by atomic mass is 32.2. The van der Waals surface area contributed by atoms with E-state index >= 15 is 0 Å². The van der Waals surface area contributed by atoms with E-state index in [0.29, 0.717) is 6.42 Å². The Morgan fingerprint density at radius 2 is 1.82 bits per heavy atom. The van der Waals surface area contributed by atoms with Gasteiger partial charge in [0.15, 0.2) is 0 Å². The van der Waals surface area contributed by atoms with Crippen LogP contribution in [0.5, 0.6) is 0 Å². The number of rotatable bonds is 4. The number of carbonyl (C=O) groups excluding carboxylic acids is 1. The molecule has 0 heterocycles. The van der Waals surface area contributed by atoms with Crippen molar-refractivity contribution in [3.05, 3.63) is 66.0 Å². The van der Waals surface area contributed by atoms with Crippen LogP contribution in [0.25, 0.3) is 0 Å². The summed E-state index contributed by atoms with van der Waals surface area (Å²) in [7, 11) is -3.85. The Hall–Kier alpha value is -2.21. The van der Waals surface area contributed by atoms with Gasteiger partial charge in [-0.25, -0.2) is 17.5 Å². The van der Waals surface area contributed by atoms with Gasteiger partial charge in [-0.1, -0.05) is 30.3 Å². The molecule has 0 saturated heterocycles. The minimum atomic E-state index is -3.85. The molecule has 1 N–H and O–H groups in total. The molecule has 1 saturated carbocycles. The van der Waals surface area contributed by atoms with Crippen molar-refractivity contribution in [3.63, 3.8) is 0 Å². The van der Waals surface area contributed by atoms with Crippen molar-refractivity contribution in [2.75, 3.05) is 0 Å². The lowest BCUT2D eigenvalue weighted by molar-refractivity contribution is -0.120. The second-order valence-corrected chi connectivity index (χ2v) is 6.97. The second-order valence-electron chi connectivity index (χ2n) is 5.29. The summed E-state index contributed by atoms with van der Waals surface area (Å²) in [6.07, 6.45) is 0.527. The van der Waals surface area contributed by atoms with Crippen molar-refractivity contribution in [3.8, 4) is 0 Å². The van der Waals surface area contributed by atoms with E-state index in [2.05, 4.69) is 4.72 Å². The lowest BCUT2D eigenvalue weighted by Crippen LogP contribution is -2.32. The van der Waals surface area contributed by atoms with E-state index in [1.807, 2.05) is 0 Å². The second kappa shape index (κ2) is 5.53. The lowest BCUT2D eigenvalue weighted by atomic mass is 10.1. The maximum Gasteiger partial charge on any atom is 0.264 e. The Kier molecular flexibility index (Phi) is 3.70. The van der Waals surface area contributed by atoms with Gasteiger partial charge in [-0.05, 0) is 42.2 Å². The highest BCUT2D eigenvalue weighted by Crippen LogP contribution is 2.47. The van der Waals surface area contributed by atoms with Gasteiger partial charge < -0.3 is 0 Å². The van der Waals surface area contributed by atoms with Crippen LogP contribution in [0.1, 0.15) is 17.9 Å². The largest absolute Gasteiger partial charge is 0.274 e. The standard InChI is InChI=1S/C16H14FNO3S/c17-12-6-4-5-11(9-12)14-10-15(14)16(19)18-22(20,21)13-7-2-1-3-8-13/h1-9,14-15H,10H2,(H,18,19). The number of benzene rings is 2. The Morgan fingerprint density at radius 3 is 2.50 bits per heavy atom. The van der Waals surface area contributed by atoms with E-state index in [1.165, 1.54) is 24.3 Å². The third kappa shape index (κ3) is 3.01. The summed E-state index contributed by atoms with van der Waals surface area (Å²) in [5.41, 5.74) is 0.720. The third-order valence-electron chi connectivity index (χ3n) is 3.69. The van der Waals surface area contributed by atoms with Gasteiger partial charge in [0.1, 0.15) is 5.82 Å². The van der Waals surface area contributed by atoms with Crippen molar-refractivity contribution in [2.45, 2.75) is 17.2 Å². The van der Waals surface area contributed by atoms with Crippen LogP contribution in [0, 0.1) is 11.7 Å². The van der Waals surface area contributed by atoms with Gasteiger partial charge in [-0.2, -0.15) is 0 Å². The topological polar surface area (TPSA) is 63.2 Å². The highest BCUT2D eigenvalue weighted by Gasteiger charge is 2.45. The summed E-state index contributed by atoms with van der Waals surface area (Å²) >= 11 is 0. The molecule has 0 bridgehead atoms. The first-order chi connectivity index (χ1) is 10.5. The van der Waals surface area contributed by atoms with Crippen molar-refractivity contribution in [2.24, 2.45) is 5.92 Å². The zero-order valence-electron chi connectivity index (χ0n) is 11.6. The highest BCUT2D eigenvalue weighted by molar-refractivity contribution is 7.90. The summed E-state index contributed by atoms with van der Waals surface area (Å²) in [6, 6.07) is 13.8. The molecule has 3 rings (SSSR count). The number of hydrogen-bond acceptors (Lipinski definition) is 3. The number of carbonyl (C=O) groups is 1. The molecule has 4 nitrogen and oxygen atoms in total. The van der Waals surface area contributed by atoms with Gasteiger partial charge in [0.2, 0.25) is 5.91 Å². The van der Waals surface area contributed by atoms with Crippen LogP contribution in [0.4, 0.5) is 4.39 Å². The fourth-order valence-electron chi connectivity index (χ4n) is 2.46. The summed E-state index contributed by atoms with van der Waals surface area (Å²) in [5, 5.41) is 0. The van der Waals surface area contributed by atoms with Crippen LogP contribution in [0.2, 0.25) is 0 Å². The number of hydrogen-bond donors (Lipinski definition) is 1. The molecule has 1 aliphatic rings. The molecular weight excluding hydrogens is 305 g/mol. The van der Waals surface area contributed by atoms with E-state index in [-0.39, 0.29) is 16.6 Å². The zero-order chi connectivity index (χ0) is 15.7. The van der Waals surface area contributed by atoms with E-state index in [9.17, 15) is 17.6 Å². The average Bonchev–Trinajstić information content (AvgIpc) is 3.28. The predicted molar refractivity (Wildman–Crippen MR) is 79.0 cm³/mol. The summed E-state index contributed by atoms with van der Waals surface area (Å²) in [4.78, 5) is 12.1. The summed E-state index contributed by atoms with van der Waals surface area (Å²) in [6.45, 7) is 0. The van der Waals surface area contributed by atoms with Gasteiger partial charge in [-0.3, -0.25) is 4.79 Å². The molecule has 1 amide bonds.